The number of fused-ring (bicyclic) bond motifs is 1. The number of likely N-dealkylation sites (tertiary alicyclic amines) is 1. The van der Waals surface area contributed by atoms with E-state index in [0.29, 0.717) is 69.4 Å². The minimum Gasteiger partial charge on any atom is -0.356 e. The highest BCUT2D eigenvalue weighted by molar-refractivity contribution is 5.98. The van der Waals surface area contributed by atoms with Gasteiger partial charge in [0.25, 0.3) is 11.8 Å². The lowest BCUT2D eigenvalue weighted by Crippen LogP contribution is -2.43. The molecule has 1 aromatic heterocycles. The maximum atomic E-state index is 13.2. The molecule has 182 valence electrons. The zero-order valence-electron chi connectivity index (χ0n) is 20.2. The lowest BCUT2D eigenvalue weighted by molar-refractivity contribution is -0.126. The topological polar surface area (TPSA) is 87.5 Å². The third-order valence-electron chi connectivity index (χ3n) is 6.69. The van der Waals surface area contributed by atoms with Crippen LogP contribution in [0.1, 0.15) is 66.1 Å². The predicted octanol–water partition coefficient (Wildman–Crippen LogP) is 2.94. The van der Waals surface area contributed by atoms with Crippen molar-refractivity contribution in [2.45, 2.75) is 52.6 Å². The van der Waals surface area contributed by atoms with Gasteiger partial charge in [0.1, 0.15) is 5.69 Å². The molecule has 0 unspecified atom stereocenters. The number of benzene rings is 1. The Morgan fingerprint density at radius 1 is 1.09 bits per heavy atom. The van der Waals surface area contributed by atoms with E-state index in [-0.39, 0.29) is 23.6 Å². The van der Waals surface area contributed by atoms with Gasteiger partial charge in [-0.15, -0.1) is 0 Å². The fraction of sp³-hybridized carbons (Fsp3) is 0.538. The van der Waals surface area contributed by atoms with Crippen molar-refractivity contribution in [1.29, 1.82) is 0 Å². The number of nitrogens with zero attached hydrogens (tertiary/aromatic N) is 4. The maximum Gasteiger partial charge on any atom is 0.274 e. The SMILES string of the molecule is CC(C)CCNC(=O)C1CCN(C(=O)c2cc3n(n2)CCCN(Cc2ccccc2)C3=O)CC1. The summed E-state index contributed by atoms with van der Waals surface area (Å²) in [6.07, 6.45) is 3.06. The smallest absolute Gasteiger partial charge is 0.274 e. The Morgan fingerprint density at radius 2 is 1.82 bits per heavy atom. The number of carbonyl (C=O) groups is 3. The Hall–Kier alpha value is -3.16. The number of piperidine rings is 1. The van der Waals surface area contributed by atoms with E-state index in [9.17, 15) is 14.4 Å². The molecule has 2 aliphatic heterocycles. The van der Waals surface area contributed by atoms with Crippen molar-refractivity contribution in [3.63, 3.8) is 0 Å². The van der Waals surface area contributed by atoms with Gasteiger partial charge in [0, 0.05) is 51.3 Å². The molecule has 34 heavy (non-hydrogen) atoms. The van der Waals surface area contributed by atoms with Crippen LogP contribution in [0.15, 0.2) is 36.4 Å². The van der Waals surface area contributed by atoms with Crippen molar-refractivity contribution in [2.24, 2.45) is 11.8 Å². The van der Waals surface area contributed by atoms with Crippen LogP contribution in [-0.2, 0) is 17.9 Å². The van der Waals surface area contributed by atoms with Crippen LogP contribution >= 0.6 is 0 Å². The Morgan fingerprint density at radius 3 is 2.53 bits per heavy atom. The number of hydrogen-bond acceptors (Lipinski definition) is 4. The van der Waals surface area contributed by atoms with Crippen LogP contribution < -0.4 is 5.32 Å². The summed E-state index contributed by atoms with van der Waals surface area (Å²) in [7, 11) is 0. The number of hydrogen-bond donors (Lipinski definition) is 1. The highest BCUT2D eigenvalue weighted by Crippen LogP contribution is 2.21. The van der Waals surface area contributed by atoms with Crippen molar-refractivity contribution < 1.29 is 14.4 Å². The van der Waals surface area contributed by atoms with E-state index in [0.717, 1.165) is 18.4 Å². The summed E-state index contributed by atoms with van der Waals surface area (Å²) in [5.74, 6) is 0.335. The molecule has 0 bridgehead atoms. The molecule has 8 heteroatoms. The molecule has 3 heterocycles. The zero-order valence-corrected chi connectivity index (χ0v) is 20.2. The molecule has 0 aliphatic carbocycles. The molecule has 0 radical (unpaired) electrons. The van der Waals surface area contributed by atoms with Gasteiger partial charge in [-0.05, 0) is 37.2 Å². The van der Waals surface area contributed by atoms with Gasteiger partial charge in [0.2, 0.25) is 5.91 Å². The molecule has 1 saturated heterocycles. The summed E-state index contributed by atoms with van der Waals surface area (Å²) >= 11 is 0. The molecule has 1 fully saturated rings. The van der Waals surface area contributed by atoms with E-state index in [1.54, 1.807) is 15.6 Å². The molecule has 0 spiro atoms. The molecule has 2 aliphatic rings. The predicted molar refractivity (Wildman–Crippen MR) is 129 cm³/mol. The monoisotopic (exact) mass is 465 g/mol. The second-order valence-corrected chi connectivity index (χ2v) is 9.74. The summed E-state index contributed by atoms with van der Waals surface area (Å²) in [6, 6.07) is 11.6. The molecule has 2 aromatic rings. The lowest BCUT2D eigenvalue weighted by atomic mass is 9.95. The first-order chi connectivity index (χ1) is 16.4. The second-order valence-electron chi connectivity index (χ2n) is 9.74. The van der Waals surface area contributed by atoms with Gasteiger partial charge in [-0.2, -0.15) is 5.10 Å². The van der Waals surface area contributed by atoms with Crippen molar-refractivity contribution in [1.82, 2.24) is 24.9 Å². The third-order valence-corrected chi connectivity index (χ3v) is 6.69. The summed E-state index contributed by atoms with van der Waals surface area (Å²) < 4.78 is 1.68. The van der Waals surface area contributed by atoms with Crippen LogP contribution in [0.2, 0.25) is 0 Å². The summed E-state index contributed by atoms with van der Waals surface area (Å²) in [5.41, 5.74) is 1.86. The van der Waals surface area contributed by atoms with Crippen molar-refractivity contribution >= 4 is 17.7 Å². The van der Waals surface area contributed by atoms with Gasteiger partial charge >= 0.3 is 0 Å². The van der Waals surface area contributed by atoms with Gasteiger partial charge in [-0.1, -0.05) is 44.2 Å². The number of aryl methyl sites for hydroxylation is 1. The largest absolute Gasteiger partial charge is 0.356 e. The number of carbonyl (C=O) groups excluding carboxylic acids is 3. The van der Waals surface area contributed by atoms with Crippen LogP contribution in [-0.4, -0.2) is 63.5 Å². The Kier molecular flexibility index (Phi) is 7.65. The minimum atomic E-state index is -0.165. The van der Waals surface area contributed by atoms with E-state index in [4.69, 9.17) is 0 Å². The normalized spacial score (nSPS) is 17.0. The average molecular weight is 466 g/mol. The lowest BCUT2D eigenvalue weighted by Gasteiger charge is -2.31. The van der Waals surface area contributed by atoms with Crippen LogP contribution in [0.4, 0.5) is 0 Å². The van der Waals surface area contributed by atoms with E-state index in [1.165, 1.54) is 0 Å². The molecule has 1 N–H and O–H groups in total. The number of aromatic nitrogens is 2. The molecular formula is C26H35N5O3. The van der Waals surface area contributed by atoms with Crippen LogP contribution in [0.3, 0.4) is 0 Å². The summed E-state index contributed by atoms with van der Waals surface area (Å²) in [6.45, 7) is 7.84. The highest BCUT2D eigenvalue weighted by Gasteiger charge is 2.31. The van der Waals surface area contributed by atoms with Crippen LogP contribution in [0.25, 0.3) is 0 Å². The first-order valence-electron chi connectivity index (χ1n) is 12.4. The molecular weight excluding hydrogens is 430 g/mol. The maximum absolute atomic E-state index is 13.2. The van der Waals surface area contributed by atoms with Crippen molar-refractivity contribution in [2.75, 3.05) is 26.2 Å². The first kappa shape index (κ1) is 24.0. The molecule has 1 aromatic carbocycles. The summed E-state index contributed by atoms with van der Waals surface area (Å²) in [4.78, 5) is 42.3. The standard InChI is InChI=1S/C26H35N5O3/c1-19(2)9-12-27-24(32)21-10-15-29(16-11-21)25(33)22-17-23-26(34)30(13-6-14-31(23)28-22)18-20-7-4-3-5-8-20/h3-5,7-8,17,19,21H,6,9-16,18H2,1-2H3,(H,27,32). The Labute approximate surface area is 201 Å². The first-order valence-corrected chi connectivity index (χ1v) is 12.4. The van der Waals surface area contributed by atoms with Crippen LogP contribution in [0, 0.1) is 11.8 Å². The Bertz CT molecular complexity index is 1010. The van der Waals surface area contributed by atoms with Gasteiger partial charge in [0.05, 0.1) is 0 Å². The highest BCUT2D eigenvalue weighted by atomic mass is 16.2. The van der Waals surface area contributed by atoms with E-state index >= 15 is 0 Å². The van der Waals surface area contributed by atoms with Gasteiger partial charge in [0.15, 0.2) is 5.69 Å². The number of nitrogens with one attached hydrogen (secondary N) is 1. The molecule has 4 rings (SSSR count). The fourth-order valence-corrected chi connectivity index (χ4v) is 4.63. The van der Waals surface area contributed by atoms with Gasteiger partial charge in [-0.25, -0.2) is 0 Å². The molecule has 3 amide bonds. The van der Waals surface area contributed by atoms with Crippen LogP contribution in [0.5, 0.6) is 0 Å². The van der Waals surface area contributed by atoms with E-state index in [2.05, 4.69) is 24.3 Å². The third kappa shape index (κ3) is 5.66. The summed E-state index contributed by atoms with van der Waals surface area (Å²) in [5, 5.41) is 7.51. The van der Waals surface area contributed by atoms with Gasteiger partial charge in [-0.3, -0.25) is 19.1 Å². The van der Waals surface area contributed by atoms with E-state index < -0.39 is 0 Å². The van der Waals surface area contributed by atoms with Gasteiger partial charge < -0.3 is 15.1 Å². The Balaban J connectivity index is 1.36. The van der Waals surface area contributed by atoms with Crippen molar-refractivity contribution in [3.05, 3.63) is 53.3 Å². The second kappa shape index (κ2) is 10.8. The molecule has 0 saturated carbocycles. The van der Waals surface area contributed by atoms with E-state index in [1.807, 2.05) is 35.2 Å². The quantitative estimate of drug-likeness (QED) is 0.681. The fourth-order valence-electron chi connectivity index (χ4n) is 4.63. The van der Waals surface area contributed by atoms with Crippen molar-refractivity contribution in [3.8, 4) is 0 Å². The number of rotatable bonds is 7. The average Bonchev–Trinajstić information content (AvgIpc) is 3.21. The minimum absolute atomic E-state index is 0.0527. The zero-order chi connectivity index (χ0) is 24.1. The molecule has 0 atom stereocenters. The molecule has 8 nitrogen and oxygen atoms in total. The number of amides is 3.